The van der Waals surface area contributed by atoms with Crippen LogP contribution >= 0.6 is 24.0 Å². The van der Waals surface area contributed by atoms with Crippen molar-refractivity contribution in [3.05, 3.63) is 24.3 Å². The molecule has 2 aromatic rings. The first kappa shape index (κ1) is 13.8. The molecule has 0 unspecified atom stereocenters. The van der Waals surface area contributed by atoms with Crippen molar-refractivity contribution in [2.45, 2.75) is 5.22 Å². The van der Waals surface area contributed by atoms with Crippen LogP contribution in [0.25, 0.3) is 11.5 Å². The van der Waals surface area contributed by atoms with Crippen LogP contribution in [0, 0.1) is 0 Å². The van der Waals surface area contributed by atoms with E-state index in [9.17, 15) is 0 Å². The summed E-state index contributed by atoms with van der Waals surface area (Å²) in [5.74, 6) is 0.503. The fourth-order valence-electron chi connectivity index (χ4n) is 1.37. The lowest BCUT2D eigenvalue weighted by atomic mass is 10.2. The molecule has 0 saturated heterocycles. The van der Waals surface area contributed by atoms with E-state index in [0.29, 0.717) is 16.2 Å². The van der Waals surface area contributed by atoms with Crippen molar-refractivity contribution in [1.82, 2.24) is 15.1 Å². The lowest BCUT2D eigenvalue weighted by Crippen LogP contribution is -2.26. The molecule has 7 heteroatoms. The zero-order chi connectivity index (χ0) is 13.8. The maximum Gasteiger partial charge on any atom is 0.276 e. The quantitative estimate of drug-likeness (QED) is 0.690. The molecule has 1 heterocycles. The van der Waals surface area contributed by atoms with Crippen molar-refractivity contribution in [3.8, 4) is 11.5 Å². The van der Waals surface area contributed by atoms with E-state index < -0.39 is 0 Å². The van der Waals surface area contributed by atoms with E-state index in [0.717, 1.165) is 11.3 Å². The van der Waals surface area contributed by atoms with Crippen molar-refractivity contribution in [2.24, 2.45) is 0 Å². The van der Waals surface area contributed by atoms with E-state index in [1.165, 1.54) is 11.8 Å². The summed E-state index contributed by atoms with van der Waals surface area (Å²) in [7, 11) is 3.78. The molecular weight excluding hydrogens is 280 g/mol. The van der Waals surface area contributed by atoms with E-state index in [-0.39, 0.29) is 0 Å². The molecular formula is C12H14N4OS2. The fourth-order valence-corrected chi connectivity index (χ4v) is 1.78. The van der Waals surface area contributed by atoms with E-state index in [4.69, 9.17) is 16.6 Å². The molecule has 0 aliphatic carbocycles. The minimum absolute atomic E-state index is 0.503. The Morgan fingerprint density at radius 3 is 2.79 bits per heavy atom. The number of nitrogens with zero attached hydrogens (tertiary/aromatic N) is 3. The highest BCUT2D eigenvalue weighted by Gasteiger charge is 2.08. The predicted octanol–water partition coefficient (Wildman–Crippen LogP) is 2.72. The Balaban J connectivity index is 2.21. The van der Waals surface area contributed by atoms with Crippen molar-refractivity contribution in [1.29, 1.82) is 0 Å². The molecule has 0 radical (unpaired) electrons. The topological polar surface area (TPSA) is 54.2 Å². The van der Waals surface area contributed by atoms with Gasteiger partial charge in [-0.15, -0.1) is 10.2 Å². The van der Waals surface area contributed by atoms with Gasteiger partial charge in [0.2, 0.25) is 5.89 Å². The summed E-state index contributed by atoms with van der Waals surface area (Å²) in [4.78, 5) is 1.83. The van der Waals surface area contributed by atoms with Gasteiger partial charge in [0.15, 0.2) is 5.11 Å². The van der Waals surface area contributed by atoms with Crippen LogP contribution in [-0.2, 0) is 0 Å². The van der Waals surface area contributed by atoms with Crippen molar-refractivity contribution in [3.63, 3.8) is 0 Å². The number of nitrogens with one attached hydrogen (secondary N) is 1. The van der Waals surface area contributed by atoms with Gasteiger partial charge in [-0.1, -0.05) is 17.8 Å². The number of aromatic nitrogens is 2. The van der Waals surface area contributed by atoms with Crippen LogP contribution in [0.3, 0.4) is 0 Å². The molecule has 0 saturated carbocycles. The standard InChI is InChI=1S/C12H14N4OS2/c1-16(2)11(18)13-9-6-4-5-8(7-9)10-14-15-12(17-10)19-3/h4-7H,1-3H3,(H,13,18). The molecule has 0 aliphatic rings. The summed E-state index contributed by atoms with van der Waals surface area (Å²) in [5.41, 5.74) is 1.75. The van der Waals surface area contributed by atoms with Crippen LogP contribution in [0.2, 0.25) is 0 Å². The second-order valence-electron chi connectivity index (χ2n) is 3.98. The Hall–Kier alpha value is -1.60. The van der Waals surface area contributed by atoms with Gasteiger partial charge >= 0.3 is 0 Å². The number of thioether (sulfide) groups is 1. The molecule has 0 spiro atoms. The predicted molar refractivity (Wildman–Crippen MR) is 81.4 cm³/mol. The molecule has 5 nitrogen and oxygen atoms in total. The molecule has 0 amide bonds. The fraction of sp³-hybridized carbons (Fsp3) is 0.250. The second-order valence-corrected chi connectivity index (χ2v) is 5.13. The molecule has 0 bridgehead atoms. The molecule has 1 aromatic carbocycles. The van der Waals surface area contributed by atoms with Crippen LogP contribution in [0.4, 0.5) is 5.69 Å². The van der Waals surface area contributed by atoms with Gasteiger partial charge in [-0.05, 0) is 36.7 Å². The van der Waals surface area contributed by atoms with Gasteiger partial charge in [0.1, 0.15) is 0 Å². The largest absolute Gasteiger partial charge is 0.411 e. The van der Waals surface area contributed by atoms with E-state index in [2.05, 4.69) is 15.5 Å². The number of hydrogen-bond acceptors (Lipinski definition) is 5. The van der Waals surface area contributed by atoms with Crippen molar-refractivity contribution < 1.29 is 4.42 Å². The first-order valence-electron chi connectivity index (χ1n) is 5.56. The highest BCUT2D eigenvalue weighted by Crippen LogP contribution is 2.24. The first-order valence-corrected chi connectivity index (χ1v) is 7.19. The number of hydrogen-bond donors (Lipinski definition) is 1. The van der Waals surface area contributed by atoms with E-state index in [1.54, 1.807) is 0 Å². The molecule has 19 heavy (non-hydrogen) atoms. The summed E-state index contributed by atoms with van der Waals surface area (Å²) >= 11 is 6.62. The van der Waals surface area contributed by atoms with Crippen LogP contribution in [-0.4, -0.2) is 40.6 Å². The number of thiocarbonyl (C=S) groups is 1. The molecule has 0 aliphatic heterocycles. The minimum atomic E-state index is 0.503. The average molecular weight is 294 g/mol. The Bertz CT molecular complexity index is 583. The third kappa shape index (κ3) is 3.45. The molecule has 2 rings (SSSR count). The van der Waals surface area contributed by atoms with E-state index >= 15 is 0 Å². The highest BCUT2D eigenvalue weighted by molar-refractivity contribution is 7.98. The molecule has 1 aromatic heterocycles. The van der Waals surface area contributed by atoms with Crippen LogP contribution in [0.15, 0.2) is 33.9 Å². The average Bonchev–Trinajstić information content (AvgIpc) is 2.87. The lowest BCUT2D eigenvalue weighted by Gasteiger charge is -2.15. The van der Waals surface area contributed by atoms with Crippen LogP contribution in [0.1, 0.15) is 0 Å². The second kappa shape index (κ2) is 6.03. The summed E-state index contributed by atoms with van der Waals surface area (Å²) in [5, 5.41) is 12.3. The maximum atomic E-state index is 5.50. The van der Waals surface area contributed by atoms with Gasteiger partial charge in [-0.25, -0.2) is 0 Å². The SMILES string of the molecule is CSc1nnc(-c2cccc(NC(=S)N(C)C)c2)o1. The highest BCUT2D eigenvalue weighted by atomic mass is 32.2. The Morgan fingerprint density at radius 2 is 2.16 bits per heavy atom. The maximum absolute atomic E-state index is 5.50. The van der Waals surface area contributed by atoms with Crippen molar-refractivity contribution >= 4 is 34.8 Å². The smallest absolute Gasteiger partial charge is 0.276 e. The third-order valence-electron chi connectivity index (χ3n) is 2.35. The zero-order valence-electron chi connectivity index (χ0n) is 10.9. The Kier molecular flexibility index (Phi) is 4.39. The number of anilines is 1. The normalized spacial score (nSPS) is 10.3. The summed E-state index contributed by atoms with van der Waals surface area (Å²) in [6.07, 6.45) is 1.89. The van der Waals surface area contributed by atoms with Crippen LogP contribution < -0.4 is 5.32 Å². The van der Waals surface area contributed by atoms with Gasteiger partial charge in [0, 0.05) is 25.3 Å². The Morgan fingerprint density at radius 1 is 1.37 bits per heavy atom. The molecule has 1 N–H and O–H groups in total. The molecule has 0 fully saturated rings. The summed E-state index contributed by atoms with van der Waals surface area (Å²) in [6, 6.07) is 7.69. The first-order chi connectivity index (χ1) is 9.10. The Labute approximate surface area is 121 Å². The van der Waals surface area contributed by atoms with E-state index in [1.807, 2.05) is 49.5 Å². The van der Waals surface area contributed by atoms with Crippen LogP contribution in [0.5, 0.6) is 0 Å². The lowest BCUT2D eigenvalue weighted by molar-refractivity contribution is 0.466. The van der Waals surface area contributed by atoms with Gasteiger partial charge in [-0.3, -0.25) is 0 Å². The monoisotopic (exact) mass is 294 g/mol. The summed E-state index contributed by atoms with van der Waals surface area (Å²) in [6.45, 7) is 0. The zero-order valence-corrected chi connectivity index (χ0v) is 12.5. The molecule has 100 valence electrons. The molecule has 0 atom stereocenters. The number of rotatable bonds is 3. The minimum Gasteiger partial charge on any atom is -0.411 e. The van der Waals surface area contributed by atoms with Crippen molar-refractivity contribution in [2.75, 3.05) is 25.7 Å². The number of benzene rings is 1. The van der Waals surface area contributed by atoms with Gasteiger partial charge in [0.05, 0.1) is 0 Å². The van der Waals surface area contributed by atoms with Gasteiger partial charge in [0.25, 0.3) is 5.22 Å². The third-order valence-corrected chi connectivity index (χ3v) is 3.33. The van der Waals surface area contributed by atoms with Gasteiger partial charge in [-0.2, -0.15) is 0 Å². The van der Waals surface area contributed by atoms with Gasteiger partial charge < -0.3 is 14.6 Å². The summed E-state index contributed by atoms with van der Waals surface area (Å²) < 4.78 is 5.50.